The van der Waals surface area contributed by atoms with Crippen molar-refractivity contribution in [1.29, 1.82) is 0 Å². The molecule has 4 saturated carbocycles. The Morgan fingerprint density at radius 2 is 1.66 bits per heavy atom. The number of nitrogens with zero attached hydrogens (tertiary/aromatic N) is 1. The van der Waals surface area contributed by atoms with Crippen molar-refractivity contribution in [1.82, 2.24) is 0 Å². The van der Waals surface area contributed by atoms with Crippen LogP contribution in [0.15, 0.2) is 24.3 Å². The lowest BCUT2D eigenvalue weighted by atomic mass is 9.42. The summed E-state index contributed by atoms with van der Waals surface area (Å²) in [5.41, 5.74) is 4.36. The number of nitrogens with two attached hydrogens (primary N) is 1. The Balaban J connectivity index is 0.00000144. The van der Waals surface area contributed by atoms with Crippen molar-refractivity contribution in [3.05, 3.63) is 29.8 Å². The first-order chi connectivity index (χ1) is 18.5. The molecule has 0 spiro atoms. The van der Waals surface area contributed by atoms with E-state index in [1.807, 2.05) is 0 Å². The van der Waals surface area contributed by atoms with Gasteiger partial charge in [0.15, 0.2) is 0 Å². The number of benzene rings is 1. The van der Waals surface area contributed by atoms with Crippen LogP contribution < -0.4 is 10.0 Å². The van der Waals surface area contributed by atoms with Crippen LogP contribution >= 0.6 is 12.8 Å². The van der Waals surface area contributed by atoms with Gasteiger partial charge in [-0.3, -0.25) is 5.14 Å². The van der Waals surface area contributed by atoms with Crippen LogP contribution in [0.5, 0.6) is 0 Å². The smallest absolute Gasteiger partial charge is 0.0368 e. The number of anilines is 1. The minimum Gasteiger partial charge on any atom is -0.372 e. The van der Waals surface area contributed by atoms with Crippen molar-refractivity contribution >= 4 is 18.5 Å². The van der Waals surface area contributed by atoms with Crippen LogP contribution in [-0.4, -0.2) is 13.1 Å². The molecule has 1 aromatic carbocycles. The Morgan fingerprint density at radius 1 is 0.868 bits per heavy atom. The number of hydrogen-bond acceptors (Lipinski definition) is 3. The Kier molecular flexibility index (Phi) is 9.46. The summed E-state index contributed by atoms with van der Waals surface area (Å²) in [6, 6.07) is 9.58. The molecule has 1 aromatic rings. The first-order valence-corrected chi connectivity index (χ1v) is 17.1. The van der Waals surface area contributed by atoms with Crippen LogP contribution in [-0.2, 0) is 6.42 Å². The summed E-state index contributed by atoms with van der Waals surface area (Å²) in [5.74, 6) is 6.15. The summed E-state index contributed by atoms with van der Waals surface area (Å²) >= 11 is 3.03. The monoisotopic (exact) mass is 538 g/mol. The zero-order valence-electron chi connectivity index (χ0n) is 25.0. The van der Waals surface area contributed by atoms with Crippen molar-refractivity contribution in [3.8, 4) is 0 Å². The normalized spacial score (nSPS) is 40.4. The van der Waals surface area contributed by atoms with E-state index >= 15 is 0 Å². The van der Waals surface area contributed by atoms with E-state index in [-0.39, 0.29) is 0 Å². The predicted molar refractivity (Wildman–Crippen MR) is 168 cm³/mol. The molecule has 2 N–H and O–H groups in total. The van der Waals surface area contributed by atoms with Crippen LogP contribution in [0.1, 0.15) is 123 Å². The van der Waals surface area contributed by atoms with Gasteiger partial charge in [-0.1, -0.05) is 52.2 Å². The van der Waals surface area contributed by atoms with E-state index in [4.69, 9.17) is 0 Å². The van der Waals surface area contributed by atoms with Crippen LogP contribution in [0.3, 0.4) is 0 Å². The third kappa shape index (κ3) is 5.34. The molecule has 4 aliphatic carbocycles. The van der Waals surface area contributed by atoms with Crippen molar-refractivity contribution < 1.29 is 0 Å². The summed E-state index contributed by atoms with van der Waals surface area (Å²) in [7, 11) is 0. The van der Waals surface area contributed by atoms with Gasteiger partial charge in [0.1, 0.15) is 0 Å². The first-order valence-electron chi connectivity index (χ1n) is 16.6. The molecule has 38 heavy (non-hydrogen) atoms. The van der Waals surface area contributed by atoms with Gasteiger partial charge in [0, 0.05) is 18.8 Å². The molecule has 1 saturated heterocycles. The van der Waals surface area contributed by atoms with Crippen LogP contribution in [0.25, 0.3) is 0 Å². The average molecular weight is 539 g/mol. The van der Waals surface area contributed by atoms with Gasteiger partial charge in [0.2, 0.25) is 0 Å². The minimum absolute atomic E-state index is 0.632. The molecule has 1 heterocycles. The molecular formula is C35H58N2S. The average Bonchev–Trinajstić information content (AvgIpc) is 3.30. The Labute approximate surface area is 240 Å². The minimum atomic E-state index is 0.632. The lowest BCUT2D eigenvalue weighted by Crippen LogP contribution is -2.55. The van der Waals surface area contributed by atoms with E-state index in [2.05, 4.69) is 67.9 Å². The second kappa shape index (κ2) is 12.5. The Hall–Kier alpha value is -0.670. The molecule has 0 bridgehead atoms. The second-order valence-electron chi connectivity index (χ2n) is 14.6. The highest BCUT2D eigenvalue weighted by atomic mass is 32.1. The number of hydrogen-bond donors (Lipinski definition) is 2. The summed E-state index contributed by atoms with van der Waals surface area (Å²) < 4.78 is 0. The predicted octanol–water partition coefficient (Wildman–Crippen LogP) is 9.47. The number of thiol groups is 1. The standard InChI is InChI=1S/C35H55N.H3NS/c1-4-27-25-30-32-18-17-28(34(32,2)21-19-33(30)35(3)20-7-6-16-31(27)35)14-10-12-26-13-11-15-29(24-26)36-22-8-5-9-23-36;1-2/h11,13,15,24,27-28,30-33H,4-10,12,14,16-23,25H2,1-3H3;2H,1H2/t27-,28?,30?,31?,32-,33-,34?,35?;/m0./s1. The highest BCUT2D eigenvalue weighted by molar-refractivity contribution is 7.77. The van der Waals surface area contributed by atoms with Crippen LogP contribution in [0.2, 0.25) is 0 Å². The Morgan fingerprint density at radius 3 is 2.45 bits per heavy atom. The summed E-state index contributed by atoms with van der Waals surface area (Å²) in [4.78, 5) is 2.62. The fourth-order valence-corrected chi connectivity index (χ4v) is 11.2. The lowest BCUT2D eigenvalue weighted by Gasteiger charge is -2.62. The summed E-state index contributed by atoms with van der Waals surface area (Å²) in [5, 5.41) is 4.19. The Bertz CT molecular complexity index is 896. The summed E-state index contributed by atoms with van der Waals surface area (Å²) in [6.45, 7) is 10.6. The third-order valence-electron chi connectivity index (χ3n) is 13.1. The van der Waals surface area contributed by atoms with Crippen molar-refractivity contribution in [2.45, 2.75) is 124 Å². The highest BCUT2D eigenvalue weighted by Gasteiger charge is 2.60. The topological polar surface area (TPSA) is 29.3 Å². The van der Waals surface area contributed by atoms with E-state index in [1.165, 1.54) is 89.4 Å². The van der Waals surface area contributed by atoms with Gasteiger partial charge in [0.05, 0.1) is 0 Å². The molecule has 0 radical (unpaired) electrons. The molecule has 3 heteroatoms. The van der Waals surface area contributed by atoms with Crippen molar-refractivity contribution in [2.75, 3.05) is 18.0 Å². The summed E-state index contributed by atoms with van der Waals surface area (Å²) in [6.07, 6.45) is 23.6. The van der Waals surface area contributed by atoms with Crippen LogP contribution in [0, 0.1) is 46.3 Å². The maximum atomic E-state index is 4.19. The molecule has 5 aliphatic rings. The molecule has 5 fully saturated rings. The van der Waals surface area contributed by atoms with Gasteiger partial charge in [0.25, 0.3) is 0 Å². The van der Waals surface area contributed by atoms with E-state index in [1.54, 1.807) is 37.7 Å². The van der Waals surface area contributed by atoms with E-state index < -0.39 is 0 Å². The lowest BCUT2D eigenvalue weighted by molar-refractivity contribution is -0.135. The number of fused-ring (bicyclic) bond motifs is 5. The van der Waals surface area contributed by atoms with Gasteiger partial charge in [-0.2, -0.15) is 0 Å². The number of piperidine rings is 1. The first kappa shape index (κ1) is 28.8. The van der Waals surface area contributed by atoms with Gasteiger partial charge in [-0.25, -0.2) is 0 Å². The van der Waals surface area contributed by atoms with Crippen molar-refractivity contribution in [2.24, 2.45) is 51.5 Å². The SMILES string of the molecule is CC[C@H]1CC2[C@@H]3CCC(CCCc4cccc(N5CCCCC5)c4)C3(C)CC[C@@H]2C2(C)CCCCC12.NS. The zero-order valence-corrected chi connectivity index (χ0v) is 25.9. The number of rotatable bonds is 6. The molecule has 0 amide bonds. The van der Waals surface area contributed by atoms with E-state index in [0.29, 0.717) is 10.8 Å². The van der Waals surface area contributed by atoms with E-state index in [9.17, 15) is 0 Å². The fraction of sp³-hybridized carbons (Fsp3) is 0.829. The van der Waals surface area contributed by atoms with Gasteiger partial charge < -0.3 is 4.90 Å². The van der Waals surface area contributed by atoms with Crippen molar-refractivity contribution in [3.63, 3.8) is 0 Å². The highest BCUT2D eigenvalue weighted by Crippen LogP contribution is 2.69. The molecule has 2 nitrogen and oxygen atoms in total. The largest absolute Gasteiger partial charge is 0.372 e. The van der Waals surface area contributed by atoms with Gasteiger partial charge in [-0.05, 0) is 148 Å². The maximum absolute atomic E-state index is 4.19. The van der Waals surface area contributed by atoms with Gasteiger partial charge in [-0.15, -0.1) is 12.8 Å². The zero-order chi connectivity index (χ0) is 26.8. The second-order valence-corrected chi connectivity index (χ2v) is 14.6. The fourth-order valence-electron chi connectivity index (χ4n) is 11.2. The molecule has 1 aliphatic heterocycles. The third-order valence-corrected chi connectivity index (χ3v) is 13.1. The molecular weight excluding hydrogens is 480 g/mol. The van der Waals surface area contributed by atoms with Gasteiger partial charge >= 0.3 is 0 Å². The molecule has 8 atom stereocenters. The quantitative estimate of drug-likeness (QED) is 0.353. The molecule has 5 unspecified atom stereocenters. The molecule has 214 valence electrons. The maximum Gasteiger partial charge on any atom is 0.0368 e. The van der Waals surface area contributed by atoms with Crippen LogP contribution in [0.4, 0.5) is 5.69 Å². The molecule has 0 aromatic heterocycles. The number of aryl methyl sites for hydroxylation is 1. The molecule has 6 rings (SSSR count). The van der Waals surface area contributed by atoms with E-state index in [0.717, 1.165) is 35.5 Å².